The van der Waals surface area contributed by atoms with E-state index < -0.39 is 5.60 Å². The number of guanidine groups is 1. The number of aliphatic imine (C=N–C) groups is 1. The lowest BCUT2D eigenvalue weighted by Gasteiger charge is -2.33. The maximum absolute atomic E-state index is 10.8. The van der Waals surface area contributed by atoms with E-state index in [0.717, 1.165) is 68.8 Å². The summed E-state index contributed by atoms with van der Waals surface area (Å²) < 4.78 is 7.59. The van der Waals surface area contributed by atoms with Gasteiger partial charge in [0, 0.05) is 39.3 Å². The van der Waals surface area contributed by atoms with Gasteiger partial charge >= 0.3 is 0 Å². The lowest BCUT2D eigenvalue weighted by atomic mass is 10.1. The van der Waals surface area contributed by atoms with E-state index in [1.165, 1.54) is 0 Å². The number of halogens is 1. The number of nitrogens with zero attached hydrogens (tertiary/aromatic N) is 4. The highest BCUT2D eigenvalue weighted by atomic mass is 127. The van der Waals surface area contributed by atoms with Gasteiger partial charge in [-0.15, -0.1) is 24.0 Å². The van der Waals surface area contributed by atoms with Gasteiger partial charge in [0.25, 0.3) is 0 Å². The molecule has 1 saturated heterocycles. The molecule has 2 heterocycles. The molecule has 3 rings (SSSR count). The normalized spacial score (nSPS) is 17.4. The fourth-order valence-electron chi connectivity index (χ4n) is 3.65. The highest BCUT2D eigenvalue weighted by Crippen LogP contribution is 2.14. The molecule has 1 aliphatic heterocycles. The Kier molecular flexibility index (Phi) is 9.79. The average Bonchev–Trinajstić information content (AvgIpc) is 3.02. The Morgan fingerprint density at radius 1 is 1.27 bits per heavy atom. The summed E-state index contributed by atoms with van der Waals surface area (Å²) in [6, 6.07) is 8.18. The molecule has 30 heavy (non-hydrogen) atoms. The number of morpholine rings is 1. The zero-order valence-corrected chi connectivity index (χ0v) is 20.6. The Morgan fingerprint density at radius 2 is 2.00 bits per heavy atom. The van der Waals surface area contributed by atoms with Gasteiger partial charge in [0.2, 0.25) is 0 Å². The van der Waals surface area contributed by atoms with E-state index in [1.54, 1.807) is 0 Å². The Morgan fingerprint density at radius 3 is 2.73 bits per heavy atom. The van der Waals surface area contributed by atoms with Gasteiger partial charge in [-0.3, -0.25) is 9.89 Å². The summed E-state index contributed by atoms with van der Waals surface area (Å²) in [6.07, 6.45) is 0. The molecule has 0 aliphatic carbocycles. The van der Waals surface area contributed by atoms with E-state index >= 15 is 0 Å². The van der Waals surface area contributed by atoms with E-state index in [4.69, 9.17) is 4.74 Å². The number of aliphatic hydroxyl groups is 1. The summed E-state index contributed by atoms with van der Waals surface area (Å²) in [4.78, 5) is 11.5. The predicted octanol–water partition coefficient (Wildman–Crippen LogP) is 1.60. The van der Waals surface area contributed by atoms with Crippen molar-refractivity contribution >= 4 is 41.0 Å². The molecular weight excluding hydrogens is 495 g/mol. The van der Waals surface area contributed by atoms with E-state index in [-0.39, 0.29) is 24.0 Å². The first-order chi connectivity index (χ1) is 14.0. The van der Waals surface area contributed by atoms with Crippen LogP contribution in [0.1, 0.15) is 19.7 Å². The van der Waals surface area contributed by atoms with Crippen molar-refractivity contribution in [2.45, 2.75) is 32.9 Å². The third-order valence-corrected chi connectivity index (χ3v) is 5.06. The zero-order chi connectivity index (χ0) is 20.7. The number of fused-ring (bicyclic) bond motifs is 1. The van der Waals surface area contributed by atoms with Crippen LogP contribution in [0.4, 0.5) is 0 Å². The van der Waals surface area contributed by atoms with Gasteiger partial charge in [-0.1, -0.05) is 12.1 Å². The maximum atomic E-state index is 10.8. The van der Waals surface area contributed by atoms with E-state index in [0.29, 0.717) is 13.1 Å². The van der Waals surface area contributed by atoms with Gasteiger partial charge in [0.1, 0.15) is 5.82 Å². The highest BCUT2D eigenvalue weighted by Gasteiger charge is 2.25. The van der Waals surface area contributed by atoms with Gasteiger partial charge in [0.05, 0.1) is 36.4 Å². The van der Waals surface area contributed by atoms with Crippen molar-refractivity contribution < 1.29 is 9.84 Å². The monoisotopic (exact) mass is 530 g/mol. The van der Waals surface area contributed by atoms with Gasteiger partial charge in [-0.2, -0.15) is 0 Å². The summed E-state index contributed by atoms with van der Waals surface area (Å²) in [6.45, 7) is 12.3. The molecule has 1 unspecified atom stereocenters. The molecule has 1 aromatic carbocycles. The van der Waals surface area contributed by atoms with Crippen molar-refractivity contribution in [1.82, 2.24) is 25.1 Å². The molecule has 0 radical (unpaired) electrons. The number of aromatic nitrogens is 2. The van der Waals surface area contributed by atoms with E-state index in [1.807, 2.05) is 39.0 Å². The molecule has 0 amide bonds. The molecular formula is C21H35IN6O2. The summed E-state index contributed by atoms with van der Waals surface area (Å²) in [5.74, 6) is 1.72. The predicted molar refractivity (Wildman–Crippen MR) is 132 cm³/mol. The van der Waals surface area contributed by atoms with Crippen molar-refractivity contribution in [3.05, 3.63) is 30.1 Å². The third-order valence-electron chi connectivity index (χ3n) is 5.06. The van der Waals surface area contributed by atoms with E-state index in [2.05, 4.69) is 36.1 Å². The Bertz CT molecular complexity index is 817. The van der Waals surface area contributed by atoms with Crippen LogP contribution in [0.25, 0.3) is 11.0 Å². The van der Waals surface area contributed by atoms with Crippen LogP contribution >= 0.6 is 24.0 Å². The standard InChI is InChI=1S/C21H34N6O2.HI/c1-4-22-20(24-15-21(3,28)16-26-11-13-29-14-12-26)23-9-10-27-17(2)25-18-7-5-6-8-19(18)27;/h5-8,28H,4,9-16H2,1-3H3,(H2,22,23,24);1H. The molecule has 1 aromatic heterocycles. The van der Waals surface area contributed by atoms with Crippen LogP contribution < -0.4 is 10.6 Å². The fourth-order valence-corrected chi connectivity index (χ4v) is 3.65. The van der Waals surface area contributed by atoms with Crippen LogP contribution in [0, 0.1) is 6.92 Å². The summed E-state index contributed by atoms with van der Waals surface area (Å²) in [7, 11) is 0. The second kappa shape index (κ2) is 11.8. The number of hydrogen-bond acceptors (Lipinski definition) is 5. The second-order valence-electron chi connectivity index (χ2n) is 7.81. The first kappa shape index (κ1) is 24.8. The Hall–Kier alpha value is -1.43. The lowest BCUT2D eigenvalue weighted by Crippen LogP contribution is -2.48. The molecule has 9 heteroatoms. The Balaban J connectivity index is 0.00000320. The topological polar surface area (TPSA) is 86.9 Å². The zero-order valence-electron chi connectivity index (χ0n) is 18.2. The number of nitrogens with one attached hydrogen (secondary N) is 2. The number of β-amino-alcohol motifs (C(OH)–C–C–N with tert-alkyl or cyclic N) is 1. The summed E-state index contributed by atoms with van der Waals surface area (Å²) >= 11 is 0. The van der Waals surface area contributed by atoms with Crippen LogP contribution in [-0.4, -0.2) is 83.6 Å². The van der Waals surface area contributed by atoms with Gasteiger partial charge in [0.15, 0.2) is 5.96 Å². The van der Waals surface area contributed by atoms with Crippen molar-refractivity contribution in [3.63, 3.8) is 0 Å². The lowest BCUT2D eigenvalue weighted by molar-refractivity contribution is -0.0179. The average molecular weight is 530 g/mol. The van der Waals surface area contributed by atoms with Gasteiger partial charge in [-0.25, -0.2) is 4.98 Å². The van der Waals surface area contributed by atoms with E-state index in [9.17, 15) is 5.11 Å². The van der Waals surface area contributed by atoms with Crippen LogP contribution in [0.2, 0.25) is 0 Å². The number of para-hydroxylation sites is 2. The van der Waals surface area contributed by atoms with Gasteiger partial charge in [-0.05, 0) is 32.9 Å². The number of ether oxygens (including phenoxy) is 1. The number of benzene rings is 1. The minimum absolute atomic E-state index is 0. The van der Waals surface area contributed by atoms with Crippen molar-refractivity contribution in [2.75, 3.05) is 52.5 Å². The largest absolute Gasteiger partial charge is 0.387 e. The molecule has 0 saturated carbocycles. The molecule has 1 atom stereocenters. The van der Waals surface area contributed by atoms with Crippen molar-refractivity contribution in [1.29, 1.82) is 0 Å². The quantitative estimate of drug-likeness (QED) is 0.273. The summed E-state index contributed by atoms with van der Waals surface area (Å²) in [5.41, 5.74) is 1.28. The SMILES string of the molecule is CCNC(=NCC(C)(O)CN1CCOCC1)NCCn1c(C)nc2ccccc21.I. The van der Waals surface area contributed by atoms with Crippen LogP contribution in [0.5, 0.6) is 0 Å². The minimum Gasteiger partial charge on any atom is -0.387 e. The number of imidazole rings is 1. The third kappa shape index (κ3) is 7.07. The van der Waals surface area contributed by atoms with Crippen LogP contribution in [0.3, 0.4) is 0 Å². The molecule has 0 bridgehead atoms. The Labute approximate surface area is 196 Å². The number of hydrogen-bond donors (Lipinski definition) is 3. The molecule has 1 fully saturated rings. The summed E-state index contributed by atoms with van der Waals surface area (Å²) in [5, 5.41) is 17.4. The van der Waals surface area contributed by atoms with Crippen molar-refractivity contribution in [2.24, 2.45) is 4.99 Å². The second-order valence-corrected chi connectivity index (χ2v) is 7.81. The van der Waals surface area contributed by atoms with Crippen LogP contribution in [0.15, 0.2) is 29.3 Å². The van der Waals surface area contributed by atoms with Gasteiger partial charge < -0.3 is 25.0 Å². The molecule has 1 aliphatic rings. The minimum atomic E-state index is -0.878. The smallest absolute Gasteiger partial charge is 0.191 e. The molecule has 8 nitrogen and oxygen atoms in total. The number of rotatable bonds is 8. The fraction of sp³-hybridized carbons (Fsp3) is 0.619. The first-order valence-electron chi connectivity index (χ1n) is 10.4. The first-order valence-corrected chi connectivity index (χ1v) is 10.4. The molecule has 168 valence electrons. The maximum Gasteiger partial charge on any atom is 0.191 e. The molecule has 0 spiro atoms. The number of aryl methyl sites for hydroxylation is 1. The van der Waals surface area contributed by atoms with Crippen molar-refractivity contribution in [3.8, 4) is 0 Å². The van der Waals surface area contributed by atoms with Crippen LogP contribution in [-0.2, 0) is 11.3 Å². The highest BCUT2D eigenvalue weighted by molar-refractivity contribution is 14.0. The molecule has 3 N–H and O–H groups in total. The molecule has 2 aromatic rings.